The second kappa shape index (κ2) is 3.74. The van der Waals surface area contributed by atoms with E-state index in [1.54, 1.807) is 6.92 Å². The quantitative estimate of drug-likeness (QED) is 0.652. The van der Waals surface area contributed by atoms with Crippen molar-refractivity contribution in [2.75, 3.05) is 0 Å². The van der Waals surface area contributed by atoms with E-state index in [4.69, 9.17) is 0 Å². The van der Waals surface area contributed by atoms with Crippen LogP contribution in [0.3, 0.4) is 0 Å². The van der Waals surface area contributed by atoms with E-state index in [1.807, 2.05) is 0 Å². The summed E-state index contributed by atoms with van der Waals surface area (Å²) in [6, 6.07) is 0.292. The molecular formula is C9H19NO. The van der Waals surface area contributed by atoms with Crippen LogP contribution in [0.1, 0.15) is 41.0 Å². The van der Waals surface area contributed by atoms with Gasteiger partial charge in [-0.1, -0.05) is 27.7 Å². The monoisotopic (exact) mass is 157 g/mol. The summed E-state index contributed by atoms with van der Waals surface area (Å²) in [5, 5.41) is 2.93. The molecule has 0 fully saturated rings. The minimum Gasteiger partial charge on any atom is -0.353 e. The fourth-order valence-electron chi connectivity index (χ4n) is 1.18. The van der Waals surface area contributed by atoms with Crippen LogP contribution in [-0.2, 0) is 4.79 Å². The third-order valence-corrected chi connectivity index (χ3v) is 1.83. The highest BCUT2D eigenvalue weighted by Gasteiger charge is 2.22. The second-order valence-corrected chi connectivity index (χ2v) is 4.03. The van der Waals surface area contributed by atoms with E-state index in [-0.39, 0.29) is 11.3 Å². The van der Waals surface area contributed by atoms with E-state index >= 15 is 0 Å². The first-order valence-electron chi connectivity index (χ1n) is 4.15. The van der Waals surface area contributed by atoms with Gasteiger partial charge in [0.15, 0.2) is 0 Å². The first-order valence-corrected chi connectivity index (χ1v) is 4.15. The van der Waals surface area contributed by atoms with Crippen molar-refractivity contribution in [3.8, 4) is 0 Å². The van der Waals surface area contributed by atoms with Crippen LogP contribution in [0.15, 0.2) is 0 Å². The lowest BCUT2D eigenvalue weighted by molar-refractivity contribution is -0.120. The van der Waals surface area contributed by atoms with Gasteiger partial charge >= 0.3 is 0 Å². The van der Waals surface area contributed by atoms with Crippen LogP contribution in [0.2, 0.25) is 0 Å². The number of amides is 1. The standard InChI is InChI=1S/C9H19NO/c1-6-8(9(3,4)5)10-7(2)11/h8H,6H2,1-5H3,(H,10,11)/t8-/m1/s1. The number of carbonyl (C=O) groups is 1. The number of rotatable bonds is 2. The largest absolute Gasteiger partial charge is 0.353 e. The molecule has 0 aliphatic carbocycles. The van der Waals surface area contributed by atoms with E-state index in [9.17, 15) is 4.79 Å². The molecule has 0 unspecified atom stereocenters. The molecule has 0 bridgehead atoms. The maximum atomic E-state index is 10.7. The molecule has 2 heteroatoms. The van der Waals surface area contributed by atoms with E-state index in [0.29, 0.717) is 6.04 Å². The molecule has 0 saturated carbocycles. The van der Waals surface area contributed by atoms with Crippen LogP contribution in [0.5, 0.6) is 0 Å². The summed E-state index contributed by atoms with van der Waals surface area (Å²) >= 11 is 0. The maximum absolute atomic E-state index is 10.7. The molecule has 2 nitrogen and oxygen atoms in total. The van der Waals surface area contributed by atoms with Gasteiger partial charge in [-0.2, -0.15) is 0 Å². The van der Waals surface area contributed by atoms with Crippen LogP contribution in [0.4, 0.5) is 0 Å². The molecule has 1 N–H and O–H groups in total. The van der Waals surface area contributed by atoms with Gasteiger partial charge in [-0.05, 0) is 11.8 Å². The summed E-state index contributed by atoms with van der Waals surface area (Å²) in [6.07, 6.45) is 0.989. The lowest BCUT2D eigenvalue weighted by Gasteiger charge is -2.30. The average molecular weight is 157 g/mol. The van der Waals surface area contributed by atoms with E-state index < -0.39 is 0 Å². The smallest absolute Gasteiger partial charge is 0.217 e. The minimum absolute atomic E-state index is 0.0618. The molecule has 0 saturated heterocycles. The van der Waals surface area contributed by atoms with Gasteiger partial charge in [-0.25, -0.2) is 0 Å². The Morgan fingerprint density at radius 3 is 2.00 bits per heavy atom. The third-order valence-electron chi connectivity index (χ3n) is 1.83. The van der Waals surface area contributed by atoms with Crippen LogP contribution < -0.4 is 5.32 Å². The number of carbonyl (C=O) groups excluding carboxylic acids is 1. The summed E-state index contributed by atoms with van der Waals surface area (Å²) < 4.78 is 0. The second-order valence-electron chi connectivity index (χ2n) is 4.03. The van der Waals surface area contributed by atoms with Crippen LogP contribution >= 0.6 is 0 Å². The van der Waals surface area contributed by atoms with Crippen molar-refractivity contribution in [3.05, 3.63) is 0 Å². The number of hydrogen-bond acceptors (Lipinski definition) is 1. The minimum atomic E-state index is 0.0618. The Morgan fingerprint density at radius 1 is 1.45 bits per heavy atom. The fourth-order valence-corrected chi connectivity index (χ4v) is 1.18. The van der Waals surface area contributed by atoms with Crippen molar-refractivity contribution < 1.29 is 4.79 Å². The summed E-state index contributed by atoms with van der Waals surface area (Å²) in [5.41, 5.74) is 0.167. The van der Waals surface area contributed by atoms with Crippen LogP contribution in [0, 0.1) is 5.41 Å². The zero-order chi connectivity index (χ0) is 9.07. The lowest BCUT2D eigenvalue weighted by atomic mass is 9.85. The van der Waals surface area contributed by atoms with Gasteiger partial charge in [-0.15, -0.1) is 0 Å². The van der Waals surface area contributed by atoms with E-state index in [2.05, 4.69) is 33.0 Å². The summed E-state index contributed by atoms with van der Waals surface area (Å²) in [4.78, 5) is 10.7. The van der Waals surface area contributed by atoms with Gasteiger partial charge < -0.3 is 5.32 Å². The highest BCUT2D eigenvalue weighted by Crippen LogP contribution is 2.21. The molecule has 0 aliphatic heterocycles. The molecule has 1 amide bonds. The van der Waals surface area contributed by atoms with E-state index in [0.717, 1.165) is 6.42 Å². The molecule has 0 rings (SSSR count). The SMILES string of the molecule is CC[C@@H](NC(C)=O)C(C)(C)C. The molecule has 1 atom stereocenters. The van der Waals surface area contributed by atoms with Crippen molar-refractivity contribution >= 4 is 5.91 Å². The molecule has 0 heterocycles. The van der Waals surface area contributed by atoms with Crippen molar-refractivity contribution in [1.29, 1.82) is 0 Å². The van der Waals surface area contributed by atoms with Gasteiger partial charge in [0.1, 0.15) is 0 Å². The third kappa shape index (κ3) is 4.02. The summed E-state index contributed by atoms with van der Waals surface area (Å²) in [5.74, 6) is 0.0618. The fraction of sp³-hybridized carbons (Fsp3) is 0.889. The van der Waals surface area contributed by atoms with Gasteiger partial charge in [0.25, 0.3) is 0 Å². The molecular weight excluding hydrogens is 138 g/mol. The summed E-state index contributed by atoms with van der Waals surface area (Å²) in [6.45, 7) is 10.1. The Bertz CT molecular complexity index is 135. The van der Waals surface area contributed by atoms with Crippen LogP contribution in [0.25, 0.3) is 0 Å². The molecule has 0 aromatic heterocycles. The maximum Gasteiger partial charge on any atom is 0.217 e. The molecule has 11 heavy (non-hydrogen) atoms. The van der Waals surface area contributed by atoms with Crippen molar-refractivity contribution in [2.45, 2.75) is 47.1 Å². The number of hydrogen-bond donors (Lipinski definition) is 1. The first kappa shape index (κ1) is 10.5. The van der Waals surface area contributed by atoms with Gasteiger partial charge in [0, 0.05) is 13.0 Å². The van der Waals surface area contributed by atoms with Gasteiger partial charge in [0.05, 0.1) is 0 Å². The first-order chi connectivity index (χ1) is 4.88. The van der Waals surface area contributed by atoms with Crippen molar-refractivity contribution in [1.82, 2.24) is 5.32 Å². The summed E-state index contributed by atoms with van der Waals surface area (Å²) in [7, 11) is 0. The van der Waals surface area contributed by atoms with Crippen molar-refractivity contribution in [2.24, 2.45) is 5.41 Å². The predicted molar refractivity (Wildman–Crippen MR) is 47.4 cm³/mol. The lowest BCUT2D eigenvalue weighted by Crippen LogP contribution is -2.42. The van der Waals surface area contributed by atoms with E-state index in [1.165, 1.54) is 0 Å². The van der Waals surface area contributed by atoms with Crippen LogP contribution in [-0.4, -0.2) is 11.9 Å². The Labute approximate surface area is 69.4 Å². The highest BCUT2D eigenvalue weighted by molar-refractivity contribution is 5.73. The molecule has 0 spiro atoms. The topological polar surface area (TPSA) is 29.1 Å². The number of nitrogens with one attached hydrogen (secondary N) is 1. The molecule has 0 aliphatic rings. The average Bonchev–Trinajstić information content (AvgIpc) is 1.79. The molecule has 0 aromatic carbocycles. The van der Waals surface area contributed by atoms with Gasteiger partial charge in [-0.3, -0.25) is 4.79 Å². The predicted octanol–water partition coefficient (Wildman–Crippen LogP) is 1.95. The zero-order valence-electron chi connectivity index (χ0n) is 8.19. The zero-order valence-corrected chi connectivity index (χ0v) is 8.19. The molecule has 0 radical (unpaired) electrons. The Balaban J connectivity index is 4.07. The Morgan fingerprint density at radius 2 is 1.91 bits per heavy atom. The normalized spacial score (nSPS) is 14.3. The highest BCUT2D eigenvalue weighted by atomic mass is 16.1. The van der Waals surface area contributed by atoms with Crippen molar-refractivity contribution in [3.63, 3.8) is 0 Å². The molecule has 0 aromatic rings. The Hall–Kier alpha value is -0.530. The molecule has 66 valence electrons. The Kier molecular flexibility index (Phi) is 3.56. The van der Waals surface area contributed by atoms with Gasteiger partial charge in [0.2, 0.25) is 5.91 Å².